The molecule has 0 bridgehead atoms. The average molecular weight is 229 g/mol. The van der Waals surface area contributed by atoms with Gasteiger partial charge < -0.3 is 5.73 Å². The number of rotatable bonds is 1. The Morgan fingerprint density at radius 1 is 1.06 bits per heavy atom. The molecular formula is C16H23N. The van der Waals surface area contributed by atoms with E-state index in [1.807, 2.05) is 0 Å². The first kappa shape index (κ1) is 12.4. The van der Waals surface area contributed by atoms with Crippen molar-refractivity contribution in [2.75, 3.05) is 0 Å². The Balaban J connectivity index is 2.48. The van der Waals surface area contributed by atoms with E-state index in [0.29, 0.717) is 0 Å². The van der Waals surface area contributed by atoms with Crippen molar-refractivity contribution >= 4 is 5.57 Å². The van der Waals surface area contributed by atoms with Gasteiger partial charge in [-0.2, -0.15) is 0 Å². The maximum atomic E-state index is 6.44. The largest absolute Gasteiger partial charge is 0.323 e. The van der Waals surface area contributed by atoms with Crippen LogP contribution in [0.1, 0.15) is 39.7 Å². The van der Waals surface area contributed by atoms with Crippen molar-refractivity contribution in [3.05, 3.63) is 42.0 Å². The lowest BCUT2D eigenvalue weighted by Crippen LogP contribution is -2.44. The highest BCUT2D eigenvalue weighted by Crippen LogP contribution is 2.46. The summed E-state index contributed by atoms with van der Waals surface area (Å²) in [6, 6.07) is 10.6. The van der Waals surface area contributed by atoms with Gasteiger partial charge in [-0.05, 0) is 28.4 Å². The van der Waals surface area contributed by atoms with Crippen molar-refractivity contribution in [3.8, 4) is 0 Å². The third kappa shape index (κ3) is 2.44. The van der Waals surface area contributed by atoms with Gasteiger partial charge in [0.1, 0.15) is 0 Å². The van der Waals surface area contributed by atoms with Crippen molar-refractivity contribution in [1.82, 2.24) is 0 Å². The second kappa shape index (κ2) is 3.99. The maximum absolute atomic E-state index is 6.44. The van der Waals surface area contributed by atoms with Crippen LogP contribution in [0.15, 0.2) is 36.4 Å². The minimum atomic E-state index is 0.123. The van der Waals surface area contributed by atoms with E-state index in [-0.39, 0.29) is 16.9 Å². The van der Waals surface area contributed by atoms with E-state index in [0.717, 1.165) is 6.42 Å². The monoisotopic (exact) mass is 229 g/mol. The average Bonchev–Trinajstić information content (AvgIpc) is 2.23. The molecule has 17 heavy (non-hydrogen) atoms. The van der Waals surface area contributed by atoms with Crippen molar-refractivity contribution in [2.45, 2.75) is 40.2 Å². The Morgan fingerprint density at radius 3 is 2.24 bits per heavy atom. The third-order valence-electron chi connectivity index (χ3n) is 3.74. The topological polar surface area (TPSA) is 26.0 Å². The number of nitrogens with two attached hydrogens (primary N) is 1. The predicted molar refractivity (Wildman–Crippen MR) is 74.6 cm³/mol. The molecule has 0 radical (unpaired) electrons. The second-order valence-corrected chi connectivity index (χ2v) is 6.60. The molecule has 0 amide bonds. The minimum Gasteiger partial charge on any atom is -0.323 e. The summed E-state index contributed by atoms with van der Waals surface area (Å²) in [7, 11) is 0. The lowest BCUT2D eigenvalue weighted by molar-refractivity contribution is 0.204. The molecule has 0 saturated carbocycles. The van der Waals surface area contributed by atoms with E-state index in [2.05, 4.69) is 64.1 Å². The number of hydrogen-bond acceptors (Lipinski definition) is 1. The maximum Gasteiger partial charge on any atom is 0.0350 e. The molecule has 0 aromatic heterocycles. The van der Waals surface area contributed by atoms with Crippen LogP contribution in [0.4, 0.5) is 0 Å². The van der Waals surface area contributed by atoms with E-state index < -0.39 is 0 Å². The zero-order chi connectivity index (χ0) is 12.7. The van der Waals surface area contributed by atoms with Crippen LogP contribution >= 0.6 is 0 Å². The van der Waals surface area contributed by atoms with E-state index in [1.54, 1.807) is 0 Å². The molecule has 2 rings (SSSR count). The first-order valence-corrected chi connectivity index (χ1v) is 6.36. The van der Waals surface area contributed by atoms with Crippen LogP contribution in [-0.4, -0.2) is 6.04 Å². The van der Waals surface area contributed by atoms with Gasteiger partial charge in [-0.1, -0.05) is 64.1 Å². The zero-order valence-electron chi connectivity index (χ0n) is 11.3. The summed E-state index contributed by atoms with van der Waals surface area (Å²) in [6.07, 6.45) is 3.50. The number of hydrogen-bond donors (Lipinski definition) is 1. The van der Waals surface area contributed by atoms with Gasteiger partial charge in [0, 0.05) is 6.04 Å². The van der Waals surface area contributed by atoms with E-state index in [1.165, 1.54) is 11.1 Å². The fourth-order valence-electron chi connectivity index (χ4n) is 3.16. The summed E-state index contributed by atoms with van der Waals surface area (Å²) in [6.45, 7) is 9.14. The molecule has 0 heterocycles. The predicted octanol–water partition coefficient (Wildman–Crippen LogP) is 3.85. The molecule has 92 valence electrons. The van der Waals surface area contributed by atoms with Crippen LogP contribution < -0.4 is 5.73 Å². The third-order valence-corrected chi connectivity index (χ3v) is 3.74. The van der Waals surface area contributed by atoms with Crippen LogP contribution in [0.25, 0.3) is 5.57 Å². The minimum absolute atomic E-state index is 0.123. The normalized spacial score (nSPS) is 26.4. The lowest BCUT2D eigenvalue weighted by Gasteiger charge is -2.44. The molecule has 1 aromatic rings. The second-order valence-electron chi connectivity index (χ2n) is 6.60. The molecule has 1 aliphatic rings. The summed E-state index contributed by atoms with van der Waals surface area (Å²) < 4.78 is 0. The Bertz CT molecular complexity index is 426. The fourth-order valence-corrected chi connectivity index (χ4v) is 3.16. The van der Waals surface area contributed by atoms with Gasteiger partial charge in [-0.3, -0.25) is 0 Å². The van der Waals surface area contributed by atoms with Gasteiger partial charge >= 0.3 is 0 Å². The van der Waals surface area contributed by atoms with Crippen LogP contribution in [0.3, 0.4) is 0 Å². The van der Waals surface area contributed by atoms with Gasteiger partial charge in [-0.25, -0.2) is 0 Å². The van der Waals surface area contributed by atoms with E-state index in [4.69, 9.17) is 5.73 Å². The smallest absolute Gasteiger partial charge is 0.0350 e. The summed E-state index contributed by atoms with van der Waals surface area (Å²) in [5, 5.41) is 0. The standard InChI is InChI=1S/C16H23N/c1-15(2)10-13(12-8-6-5-7-9-12)14(17)16(3,4)11-15/h5-10,14H,11,17H2,1-4H3. The highest BCUT2D eigenvalue weighted by molar-refractivity contribution is 5.71. The molecule has 0 aliphatic heterocycles. The Labute approximate surface area is 105 Å². The summed E-state index contributed by atoms with van der Waals surface area (Å²) in [5.41, 5.74) is 9.39. The number of benzene rings is 1. The molecular weight excluding hydrogens is 206 g/mol. The number of allylic oxidation sites excluding steroid dienone is 1. The molecule has 1 atom stereocenters. The van der Waals surface area contributed by atoms with Gasteiger partial charge in [0.05, 0.1) is 0 Å². The van der Waals surface area contributed by atoms with Crippen LogP contribution in [0, 0.1) is 10.8 Å². The summed E-state index contributed by atoms with van der Waals surface area (Å²) in [5.74, 6) is 0. The molecule has 0 fully saturated rings. The van der Waals surface area contributed by atoms with Gasteiger partial charge in [0.15, 0.2) is 0 Å². The van der Waals surface area contributed by atoms with Crippen LogP contribution in [0.5, 0.6) is 0 Å². The summed E-state index contributed by atoms with van der Waals surface area (Å²) >= 11 is 0. The first-order valence-electron chi connectivity index (χ1n) is 6.36. The van der Waals surface area contributed by atoms with E-state index in [9.17, 15) is 0 Å². The molecule has 1 heteroatoms. The quantitative estimate of drug-likeness (QED) is 0.777. The van der Waals surface area contributed by atoms with Crippen molar-refractivity contribution in [3.63, 3.8) is 0 Å². The van der Waals surface area contributed by atoms with E-state index >= 15 is 0 Å². The molecule has 0 spiro atoms. The SMILES string of the molecule is CC1(C)C=C(c2ccccc2)C(N)C(C)(C)C1. The molecule has 1 aromatic carbocycles. The molecule has 1 aliphatic carbocycles. The lowest BCUT2D eigenvalue weighted by atomic mass is 9.63. The molecule has 1 unspecified atom stereocenters. The molecule has 2 N–H and O–H groups in total. The Kier molecular flexibility index (Phi) is 2.90. The fraction of sp³-hybridized carbons (Fsp3) is 0.500. The summed E-state index contributed by atoms with van der Waals surface area (Å²) in [4.78, 5) is 0. The first-order chi connectivity index (χ1) is 7.82. The van der Waals surface area contributed by atoms with Gasteiger partial charge in [0.2, 0.25) is 0 Å². The van der Waals surface area contributed by atoms with Crippen LogP contribution in [0.2, 0.25) is 0 Å². The molecule has 1 nitrogen and oxygen atoms in total. The zero-order valence-corrected chi connectivity index (χ0v) is 11.3. The van der Waals surface area contributed by atoms with Crippen molar-refractivity contribution in [1.29, 1.82) is 0 Å². The Morgan fingerprint density at radius 2 is 1.65 bits per heavy atom. The molecule has 0 saturated heterocycles. The van der Waals surface area contributed by atoms with Crippen LogP contribution in [-0.2, 0) is 0 Å². The van der Waals surface area contributed by atoms with Crippen molar-refractivity contribution < 1.29 is 0 Å². The van der Waals surface area contributed by atoms with Gasteiger partial charge in [0.25, 0.3) is 0 Å². The van der Waals surface area contributed by atoms with Gasteiger partial charge in [-0.15, -0.1) is 0 Å². The highest BCUT2D eigenvalue weighted by atomic mass is 14.7. The highest BCUT2D eigenvalue weighted by Gasteiger charge is 2.39. The Hall–Kier alpha value is -1.08. The van der Waals surface area contributed by atoms with Crippen molar-refractivity contribution in [2.24, 2.45) is 16.6 Å².